The Labute approximate surface area is 160 Å². The van der Waals surface area contributed by atoms with Crippen molar-refractivity contribution in [2.24, 2.45) is 0 Å². The van der Waals surface area contributed by atoms with Crippen LogP contribution in [0.2, 0.25) is 0 Å². The molecule has 0 saturated carbocycles. The lowest BCUT2D eigenvalue weighted by Gasteiger charge is -2.19. The number of ether oxygens (including phenoxy) is 3. The molecule has 139 valence electrons. The van der Waals surface area contributed by atoms with Gasteiger partial charge in [0.05, 0.1) is 21.3 Å². The summed E-state index contributed by atoms with van der Waals surface area (Å²) in [6, 6.07) is 11.4. The molecule has 0 fully saturated rings. The van der Waals surface area contributed by atoms with Crippen molar-refractivity contribution in [3.05, 3.63) is 66.2 Å². The van der Waals surface area contributed by atoms with E-state index < -0.39 is 0 Å². The minimum absolute atomic E-state index is 0.578. The summed E-state index contributed by atoms with van der Waals surface area (Å²) in [5.41, 5.74) is 3.91. The van der Waals surface area contributed by atoms with Crippen molar-refractivity contribution in [1.29, 1.82) is 0 Å². The van der Waals surface area contributed by atoms with Crippen LogP contribution in [0.1, 0.15) is 17.5 Å². The van der Waals surface area contributed by atoms with Crippen molar-refractivity contribution in [3.8, 4) is 28.4 Å². The van der Waals surface area contributed by atoms with Gasteiger partial charge in [-0.3, -0.25) is 9.97 Å². The van der Waals surface area contributed by atoms with Crippen LogP contribution in [0, 0.1) is 6.07 Å². The zero-order valence-electron chi connectivity index (χ0n) is 15.9. The van der Waals surface area contributed by atoms with Gasteiger partial charge in [-0.2, -0.15) is 0 Å². The smallest absolute Gasteiger partial charge is 0.204 e. The first-order chi connectivity index (χ1) is 13.3. The number of hydrogen-bond acceptors (Lipinski definition) is 5. The molecule has 0 unspecified atom stereocenters. The van der Waals surface area contributed by atoms with Crippen LogP contribution in [-0.4, -0.2) is 31.3 Å². The number of aryl methyl sites for hydroxylation is 2. The van der Waals surface area contributed by atoms with Gasteiger partial charge in [-0.1, -0.05) is 12.1 Å². The highest BCUT2D eigenvalue weighted by Crippen LogP contribution is 2.46. The molecule has 5 nitrogen and oxygen atoms in total. The number of nitrogens with zero attached hydrogens (tertiary/aromatic N) is 2. The lowest BCUT2D eigenvalue weighted by Crippen LogP contribution is -2.02. The summed E-state index contributed by atoms with van der Waals surface area (Å²) in [6.45, 7) is 0. The van der Waals surface area contributed by atoms with Gasteiger partial charge in [0, 0.05) is 47.5 Å². The van der Waals surface area contributed by atoms with Gasteiger partial charge in [0.1, 0.15) is 0 Å². The van der Waals surface area contributed by atoms with Gasteiger partial charge in [-0.25, -0.2) is 0 Å². The molecule has 3 aromatic rings. The van der Waals surface area contributed by atoms with E-state index in [1.807, 2.05) is 24.4 Å². The van der Waals surface area contributed by atoms with Gasteiger partial charge in [0.2, 0.25) is 5.75 Å². The van der Waals surface area contributed by atoms with Gasteiger partial charge in [0.25, 0.3) is 0 Å². The van der Waals surface area contributed by atoms with E-state index in [-0.39, 0.29) is 0 Å². The summed E-state index contributed by atoms with van der Waals surface area (Å²) in [5, 5.41) is 0. The molecular weight excluding hydrogens is 340 g/mol. The maximum absolute atomic E-state index is 5.64. The third-order valence-corrected chi connectivity index (χ3v) is 4.37. The fraction of sp³-hybridized carbons (Fsp3) is 0.273. The Morgan fingerprint density at radius 1 is 0.815 bits per heavy atom. The van der Waals surface area contributed by atoms with Crippen LogP contribution < -0.4 is 14.2 Å². The molecule has 0 atom stereocenters. The Balaban J connectivity index is 1.96. The van der Waals surface area contributed by atoms with Gasteiger partial charge in [-0.05, 0) is 37.0 Å². The standard InChI is InChI=1S/C22H23N2O3/c1-25-20-17(9-4-7-16-8-5-11-23-14-16)13-19(18-10-6-12-24-15-18)21(26-2)22(20)27-3/h5-6,8,10-12,14-15H,4,7,9H2,1-3H3. The second kappa shape index (κ2) is 9.03. The summed E-state index contributed by atoms with van der Waals surface area (Å²) in [6.07, 6.45) is 9.89. The van der Waals surface area contributed by atoms with E-state index >= 15 is 0 Å². The molecule has 2 aromatic heterocycles. The maximum atomic E-state index is 5.64. The summed E-state index contributed by atoms with van der Waals surface area (Å²) >= 11 is 0. The zero-order chi connectivity index (χ0) is 19.1. The molecule has 0 spiro atoms. The van der Waals surface area contributed by atoms with E-state index in [2.05, 4.69) is 22.1 Å². The molecule has 0 aliphatic rings. The molecule has 0 N–H and O–H groups in total. The van der Waals surface area contributed by atoms with Gasteiger partial charge < -0.3 is 14.2 Å². The average Bonchev–Trinajstić information content (AvgIpc) is 2.74. The Morgan fingerprint density at radius 3 is 2.11 bits per heavy atom. The Morgan fingerprint density at radius 2 is 1.52 bits per heavy atom. The average molecular weight is 363 g/mol. The van der Waals surface area contributed by atoms with E-state index in [0.717, 1.165) is 36.0 Å². The summed E-state index contributed by atoms with van der Waals surface area (Å²) in [7, 11) is 4.87. The van der Waals surface area contributed by atoms with Crippen LogP contribution in [0.15, 0.2) is 49.1 Å². The SMILES string of the molecule is COc1c(CCCc2cccnc2)[c]c(-c2cccnc2)c(OC)c1OC. The molecule has 0 aliphatic heterocycles. The summed E-state index contributed by atoms with van der Waals surface area (Å²) in [4.78, 5) is 8.38. The second-order valence-electron chi connectivity index (χ2n) is 6.03. The van der Waals surface area contributed by atoms with E-state index in [4.69, 9.17) is 14.2 Å². The maximum Gasteiger partial charge on any atom is 0.204 e. The van der Waals surface area contributed by atoms with E-state index in [1.165, 1.54) is 5.56 Å². The van der Waals surface area contributed by atoms with Crippen molar-refractivity contribution in [2.45, 2.75) is 19.3 Å². The normalized spacial score (nSPS) is 10.5. The van der Waals surface area contributed by atoms with Crippen molar-refractivity contribution < 1.29 is 14.2 Å². The van der Waals surface area contributed by atoms with Crippen molar-refractivity contribution >= 4 is 0 Å². The molecule has 2 heterocycles. The van der Waals surface area contributed by atoms with Crippen LogP contribution in [-0.2, 0) is 12.8 Å². The number of methoxy groups -OCH3 is 3. The molecule has 0 aliphatic carbocycles. The minimum atomic E-state index is 0.578. The minimum Gasteiger partial charge on any atom is -0.492 e. The van der Waals surface area contributed by atoms with Crippen LogP contribution >= 0.6 is 0 Å². The number of benzene rings is 1. The lowest BCUT2D eigenvalue weighted by atomic mass is 9.97. The molecule has 1 aromatic carbocycles. The van der Waals surface area contributed by atoms with E-state index in [9.17, 15) is 0 Å². The Bertz CT molecular complexity index is 868. The molecular formula is C22H23N2O3. The third-order valence-electron chi connectivity index (χ3n) is 4.37. The van der Waals surface area contributed by atoms with Crippen LogP contribution in [0.3, 0.4) is 0 Å². The zero-order valence-corrected chi connectivity index (χ0v) is 15.9. The number of aromatic nitrogens is 2. The molecule has 0 saturated heterocycles. The van der Waals surface area contributed by atoms with Gasteiger partial charge in [-0.15, -0.1) is 0 Å². The highest BCUT2D eigenvalue weighted by Gasteiger charge is 2.22. The fourth-order valence-corrected chi connectivity index (χ4v) is 3.12. The second-order valence-corrected chi connectivity index (χ2v) is 6.03. The van der Waals surface area contributed by atoms with E-state index in [0.29, 0.717) is 17.2 Å². The number of hydrogen-bond donors (Lipinski definition) is 0. The molecule has 1 radical (unpaired) electrons. The van der Waals surface area contributed by atoms with Gasteiger partial charge >= 0.3 is 0 Å². The predicted octanol–water partition coefficient (Wildman–Crippen LogP) is 4.14. The molecule has 3 rings (SSSR count). The lowest BCUT2D eigenvalue weighted by molar-refractivity contribution is 0.322. The summed E-state index contributed by atoms with van der Waals surface area (Å²) in [5.74, 6) is 1.83. The third kappa shape index (κ3) is 4.19. The Hall–Kier alpha value is -3.08. The van der Waals surface area contributed by atoms with Crippen LogP contribution in [0.25, 0.3) is 11.1 Å². The highest BCUT2D eigenvalue weighted by molar-refractivity contribution is 5.77. The topological polar surface area (TPSA) is 53.5 Å². The molecule has 27 heavy (non-hydrogen) atoms. The molecule has 5 heteroatoms. The van der Waals surface area contributed by atoms with Crippen molar-refractivity contribution in [2.75, 3.05) is 21.3 Å². The van der Waals surface area contributed by atoms with Crippen LogP contribution in [0.5, 0.6) is 17.2 Å². The first kappa shape index (κ1) is 18.7. The number of rotatable bonds is 8. The van der Waals surface area contributed by atoms with E-state index in [1.54, 1.807) is 39.9 Å². The fourth-order valence-electron chi connectivity index (χ4n) is 3.12. The van der Waals surface area contributed by atoms with Crippen LogP contribution in [0.4, 0.5) is 0 Å². The molecule has 0 bridgehead atoms. The molecule has 0 amide bonds. The van der Waals surface area contributed by atoms with Crippen molar-refractivity contribution in [1.82, 2.24) is 9.97 Å². The first-order valence-corrected chi connectivity index (χ1v) is 8.82. The monoisotopic (exact) mass is 363 g/mol. The van der Waals surface area contributed by atoms with Gasteiger partial charge in [0.15, 0.2) is 11.5 Å². The Kier molecular flexibility index (Phi) is 6.26. The number of pyridine rings is 2. The quantitative estimate of drug-likeness (QED) is 0.602. The van der Waals surface area contributed by atoms with Crippen molar-refractivity contribution in [3.63, 3.8) is 0 Å². The highest BCUT2D eigenvalue weighted by atomic mass is 16.5. The predicted molar refractivity (Wildman–Crippen MR) is 104 cm³/mol. The largest absolute Gasteiger partial charge is 0.492 e. The summed E-state index contributed by atoms with van der Waals surface area (Å²) < 4.78 is 16.9. The first-order valence-electron chi connectivity index (χ1n) is 8.82.